The van der Waals surface area contributed by atoms with Gasteiger partial charge in [-0.05, 0) is 31.7 Å². The lowest BCUT2D eigenvalue weighted by atomic mass is 9.90. The highest BCUT2D eigenvalue weighted by Gasteiger charge is 2.46. The van der Waals surface area contributed by atoms with Crippen molar-refractivity contribution in [1.82, 2.24) is 10.2 Å². The lowest BCUT2D eigenvalue weighted by Gasteiger charge is -2.45. The van der Waals surface area contributed by atoms with Crippen molar-refractivity contribution in [2.45, 2.75) is 31.7 Å². The molecule has 0 aromatic carbocycles. The Morgan fingerprint density at radius 3 is 2.93 bits per heavy atom. The first kappa shape index (κ1) is 8.72. The zero-order valence-corrected chi connectivity index (χ0v) is 8.54. The van der Waals surface area contributed by atoms with Crippen LogP contribution in [0.3, 0.4) is 0 Å². The summed E-state index contributed by atoms with van der Waals surface area (Å²) >= 11 is 0. The van der Waals surface area contributed by atoms with Gasteiger partial charge in [-0.1, -0.05) is 6.42 Å². The van der Waals surface area contributed by atoms with Gasteiger partial charge in [0.25, 0.3) is 0 Å². The summed E-state index contributed by atoms with van der Waals surface area (Å²) in [5.41, 5.74) is 0. The molecule has 0 aromatic rings. The summed E-state index contributed by atoms with van der Waals surface area (Å²) in [5.74, 6) is 1.57. The molecule has 3 rings (SSSR count). The van der Waals surface area contributed by atoms with E-state index in [-0.39, 0.29) is 5.92 Å². The van der Waals surface area contributed by atoms with Gasteiger partial charge in [0.1, 0.15) is 0 Å². The topological polar surface area (TPSA) is 32.3 Å². The number of hydrogen-bond donors (Lipinski definition) is 1. The smallest absolute Gasteiger partial charge is 0.227 e. The average Bonchev–Trinajstić information content (AvgIpc) is 2.75. The maximum atomic E-state index is 12.1. The van der Waals surface area contributed by atoms with Crippen LogP contribution in [0.4, 0.5) is 0 Å². The summed E-state index contributed by atoms with van der Waals surface area (Å²) in [5, 5.41) is 3.27. The van der Waals surface area contributed by atoms with Crippen molar-refractivity contribution in [3.05, 3.63) is 0 Å². The second-order valence-corrected chi connectivity index (χ2v) is 4.94. The van der Waals surface area contributed by atoms with Crippen molar-refractivity contribution in [3.63, 3.8) is 0 Å². The first-order chi connectivity index (χ1) is 6.86. The second-order valence-electron chi connectivity index (χ2n) is 4.94. The van der Waals surface area contributed by atoms with Gasteiger partial charge >= 0.3 is 0 Å². The first-order valence-electron chi connectivity index (χ1n) is 5.87. The molecule has 3 atom stereocenters. The Bertz CT molecular complexity index is 248. The van der Waals surface area contributed by atoms with Crippen LogP contribution in [0.25, 0.3) is 0 Å². The van der Waals surface area contributed by atoms with E-state index < -0.39 is 0 Å². The Balaban J connectivity index is 1.63. The fraction of sp³-hybridized carbons (Fsp3) is 0.909. The van der Waals surface area contributed by atoms with E-state index in [2.05, 4.69) is 10.2 Å². The number of rotatable bonds is 1. The molecule has 0 spiro atoms. The molecule has 0 bridgehead atoms. The molecule has 2 heterocycles. The van der Waals surface area contributed by atoms with Gasteiger partial charge in [0, 0.05) is 19.1 Å². The van der Waals surface area contributed by atoms with Crippen LogP contribution in [0, 0.1) is 11.8 Å². The quantitative estimate of drug-likeness (QED) is 0.663. The number of carbonyl (C=O) groups is 1. The Kier molecular flexibility index (Phi) is 2.01. The van der Waals surface area contributed by atoms with Gasteiger partial charge in [-0.3, -0.25) is 4.79 Å². The van der Waals surface area contributed by atoms with Crippen LogP contribution in [-0.2, 0) is 4.79 Å². The van der Waals surface area contributed by atoms with E-state index in [9.17, 15) is 4.79 Å². The minimum absolute atomic E-state index is 0.288. The summed E-state index contributed by atoms with van der Waals surface area (Å²) in [4.78, 5) is 14.2. The van der Waals surface area contributed by atoms with Crippen LogP contribution in [0.15, 0.2) is 0 Å². The van der Waals surface area contributed by atoms with Crippen LogP contribution in [-0.4, -0.2) is 36.5 Å². The minimum atomic E-state index is 0.288. The highest BCUT2D eigenvalue weighted by molar-refractivity contribution is 5.80. The Labute approximate surface area is 84.8 Å². The number of carbonyl (C=O) groups excluding carboxylic acids is 1. The average molecular weight is 194 g/mol. The van der Waals surface area contributed by atoms with Crippen molar-refractivity contribution in [2.75, 3.05) is 19.6 Å². The van der Waals surface area contributed by atoms with Crippen molar-refractivity contribution < 1.29 is 4.79 Å². The van der Waals surface area contributed by atoms with E-state index in [4.69, 9.17) is 0 Å². The molecule has 1 aliphatic carbocycles. The van der Waals surface area contributed by atoms with E-state index in [0.717, 1.165) is 32.0 Å². The zero-order chi connectivity index (χ0) is 9.54. The van der Waals surface area contributed by atoms with Gasteiger partial charge in [-0.2, -0.15) is 0 Å². The van der Waals surface area contributed by atoms with E-state index in [1.54, 1.807) is 0 Å². The third-order valence-electron chi connectivity index (χ3n) is 4.14. The van der Waals surface area contributed by atoms with Crippen LogP contribution < -0.4 is 5.32 Å². The van der Waals surface area contributed by atoms with Gasteiger partial charge in [-0.25, -0.2) is 0 Å². The number of hydrogen-bond acceptors (Lipinski definition) is 2. The standard InChI is InChI=1S/C11H18N2O/c14-11(8-4-5-12-6-8)13-7-9-2-1-3-10(9)13/h8-10,12H,1-7H2/t8-,9?,10?/m0/s1. The highest BCUT2D eigenvalue weighted by atomic mass is 16.2. The fourth-order valence-electron chi connectivity index (χ4n) is 3.24. The molecule has 2 aliphatic heterocycles. The van der Waals surface area contributed by atoms with E-state index in [1.807, 2.05) is 0 Å². The van der Waals surface area contributed by atoms with Crippen molar-refractivity contribution >= 4 is 5.91 Å². The maximum absolute atomic E-state index is 12.1. The summed E-state index contributed by atoms with van der Waals surface area (Å²) in [7, 11) is 0. The van der Waals surface area contributed by atoms with E-state index in [1.165, 1.54) is 19.3 Å². The predicted octanol–water partition coefficient (Wildman–Crippen LogP) is 0.607. The number of likely N-dealkylation sites (tertiary alicyclic amines) is 1. The molecular formula is C11H18N2O. The van der Waals surface area contributed by atoms with Crippen molar-refractivity contribution in [3.8, 4) is 0 Å². The molecular weight excluding hydrogens is 176 g/mol. The van der Waals surface area contributed by atoms with Gasteiger partial charge < -0.3 is 10.2 Å². The third kappa shape index (κ3) is 1.18. The molecule has 2 unspecified atom stereocenters. The third-order valence-corrected chi connectivity index (χ3v) is 4.14. The molecule has 1 amide bonds. The van der Waals surface area contributed by atoms with Gasteiger partial charge in [0.05, 0.1) is 5.92 Å². The first-order valence-corrected chi connectivity index (χ1v) is 5.87. The van der Waals surface area contributed by atoms with Crippen LogP contribution >= 0.6 is 0 Å². The monoisotopic (exact) mass is 194 g/mol. The van der Waals surface area contributed by atoms with Crippen molar-refractivity contribution in [2.24, 2.45) is 11.8 Å². The molecule has 1 saturated carbocycles. The predicted molar refractivity (Wildman–Crippen MR) is 53.8 cm³/mol. The highest BCUT2D eigenvalue weighted by Crippen LogP contribution is 2.39. The van der Waals surface area contributed by atoms with Crippen LogP contribution in [0.2, 0.25) is 0 Å². The molecule has 78 valence electrons. The van der Waals surface area contributed by atoms with Crippen molar-refractivity contribution in [1.29, 1.82) is 0 Å². The molecule has 3 heteroatoms. The number of nitrogens with one attached hydrogen (secondary N) is 1. The summed E-state index contributed by atoms with van der Waals surface area (Å²) in [6, 6.07) is 0.628. The summed E-state index contributed by atoms with van der Waals surface area (Å²) in [6.45, 7) is 2.99. The molecule has 3 aliphatic rings. The Hall–Kier alpha value is -0.570. The minimum Gasteiger partial charge on any atom is -0.339 e. The summed E-state index contributed by atoms with van der Waals surface area (Å²) < 4.78 is 0. The molecule has 3 nitrogen and oxygen atoms in total. The normalized spacial score (nSPS) is 40.9. The molecule has 0 radical (unpaired) electrons. The van der Waals surface area contributed by atoms with Crippen LogP contribution in [0.5, 0.6) is 0 Å². The van der Waals surface area contributed by atoms with Gasteiger partial charge in [0.15, 0.2) is 0 Å². The number of fused-ring (bicyclic) bond motifs is 1. The number of amides is 1. The lowest BCUT2D eigenvalue weighted by molar-refractivity contribution is -0.146. The zero-order valence-electron chi connectivity index (χ0n) is 8.54. The molecule has 2 saturated heterocycles. The lowest BCUT2D eigenvalue weighted by Crippen LogP contribution is -2.57. The Morgan fingerprint density at radius 1 is 1.29 bits per heavy atom. The summed E-state index contributed by atoms with van der Waals surface area (Å²) in [6.07, 6.45) is 5.00. The second kappa shape index (κ2) is 3.23. The van der Waals surface area contributed by atoms with Gasteiger partial charge in [0.2, 0.25) is 5.91 Å². The molecule has 0 aromatic heterocycles. The number of nitrogens with zero attached hydrogens (tertiary/aromatic N) is 1. The Morgan fingerprint density at radius 2 is 2.21 bits per heavy atom. The molecule has 1 N–H and O–H groups in total. The van der Waals surface area contributed by atoms with E-state index >= 15 is 0 Å². The molecule has 14 heavy (non-hydrogen) atoms. The molecule has 3 fully saturated rings. The largest absolute Gasteiger partial charge is 0.339 e. The van der Waals surface area contributed by atoms with E-state index in [0.29, 0.717) is 11.9 Å². The SMILES string of the molecule is O=C([C@H]1CCNC1)N1CC2CCCC21. The van der Waals surface area contributed by atoms with Gasteiger partial charge in [-0.15, -0.1) is 0 Å². The van der Waals surface area contributed by atoms with Crippen LogP contribution in [0.1, 0.15) is 25.7 Å². The maximum Gasteiger partial charge on any atom is 0.227 e. The fourth-order valence-corrected chi connectivity index (χ4v) is 3.24.